The molecule has 8 heterocycles. The average molecular weight is 1020 g/mol. The quantitative estimate of drug-likeness (QED) is 0.151. The Balaban J connectivity index is 0.993. The van der Waals surface area contributed by atoms with Gasteiger partial charge in [0.25, 0.3) is 0 Å². The Morgan fingerprint density at radius 3 is 1.94 bits per heavy atom. The number of hydrogen-bond donors (Lipinski definition) is 5. The molecule has 19 heteroatoms. The Bertz CT molecular complexity index is 1800. The van der Waals surface area contributed by atoms with E-state index in [2.05, 4.69) is 13.8 Å². The van der Waals surface area contributed by atoms with Crippen LogP contribution in [-0.2, 0) is 66.4 Å². The summed E-state index contributed by atoms with van der Waals surface area (Å²) in [6.45, 7) is 17.0. The number of carbonyl (C=O) groups is 1. The van der Waals surface area contributed by atoms with E-state index in [0.717, 1.165) is 6.42 Å². The second kappa shape index (κ2) is 21.7. The van der Waals surface area contributed by atoms with E-state index in [-0.39, 0.29) is 42.7 Å². The van der Waals surface area contributed by atoms with E-state index in [4.69, 9.17) is 61.6 Å². The van der Waals surface area contributed by atoms with Crippen molar-refractivity contribution < 1.29 is 91.9 Å². The minimum atomic E-state index is -2.13. The van der Waals surface area contributed by atoms with Crippen LogP contribution < -0.4 is 0 Å². The molecule has 8 aliphatic rings. The molecule has 0 saturated carbocycles. The van der Waals surface area contributed by atoms with Gasteiger partial charge in [-0.2, -0.15) is 0 Å². The van der Waals surface area contributed by atoms with Crippen molar-refractivity contribution in [1.82, 2.24) is 0 Å². The molecule has 1 spiro atoms. The predicted molar refractivity (Wildman–Crippen MR) is 251 cm³/mol. The van der Waals surface area contributed by atoms with Crippen LogP contribution in [0.2, 0.25) is 0 Å². The van der Waals surface area contributed by atoms with Crippen molar-refractivity contribution in [3.05, 3.63) is 0 Å². The van der Waals surface area contributed by atoms with Crippen molar-refractivity contribution in [2.24, 2.45) is 29.6 Å². The van der Waals surface area contributed by atoms with Gasteiger partial charge in [-0.05, 0) is 72.1 Å². The van der Waals surface area contributed by atoms with Crippen LogP contribution in [0.4, 0.5) is 0 Å². The Morgan fingerprint density at radius 1 is 0.704 bits per heavy atom. The van der Waals surface area contributed by atoms with Crippen molar-refractivity contribution in [2.75, 3.05) is 27.9 Å². The molecule has 0 aromatic heterocycles. The molecule has 0 amide bonds. The molecule has 19 nitrogen and oxygen atoms in total. The van der Waals surface area contributed by atoms with E-state index in [9.17, 15) is 30.3 Å². The average Bonchev–Trinajstić information content (AvgIpc) is 4.03. The summed E-state index contributed by atoms with van der Waals surface area (Å²) < 4.78 is 84.7. The van der Waals surface area contributed by atoms with Gasteiger partial charge in [-0.1, -0.05) is 34.6 Å². The maximum Gasteiger partial charge on any atom is 0.308 e. The van der Waals surface area contributed by atoms with E-state index in [1.807, 2.05) is 41.5 Å². The molecule has 8 aliphatic heterocycles. The minimum absolute atomic E-state index is 0.0331. The molecule has 8 rings (SSSR count). The smallest absolute Gasteiger partial charge is 0.308 e. The Labute approximate surface area is 420 Å². The lowest BCUT2D eigenvalue weighted by Crippen LogP contribution is -2.66. The van der Waals surface area contributed by atoms with E-state index in [0.29, 0.717) is 57.8 Å². The Kier molecular flexibility index (Phi) is 17.1. The van der Waals surface area contributed by atoms with E-state index < -0.39 is 139 Å². The molecule has 5 N–H and O–H groups in total. The Hall–Kier alpha value is -1.21. The maximum absolute atomic E-state index is 12.3. The van der Waals surface area contributed by atoms with Gasteiger partial charge in [-0.15, -0.1) is 0 Å². The number of methoxy groups -OCH3 is 3. The molecule has 410 valence electrons. The van der Waals surface area contributed by atoms with Crippen molar-refractivity contribution in [1.29, 1.82) is 0 Å². The molecule has 0 aromatic carbocycles. The fourth-order valence-corrected chi connectivity index (χ4v) is 13.8. The summed E-state index contributed by atoms with van der Waals surface area (Å²) in [6, 6.07) is 0. The van der Waals surface area contributed by atoms with Gasteiger partial charge in [0.2, 0.25) is 0 Å². The first-order chi connectivity index (χ1) is 33.4. The molecule has 26 atom stereocenters. The number of aliphatic hydroxyl groups excluding tert-OH is 2. The summed E-state index contributed by atoms with van der Waals surface area (Å²) in [5.74, 6) is -8.31. The summed E-state index contributed by atoms with van der Waals surface area (Å²) in [4.78, 5) is 12.3. The van der Waals surface area contributed by atoms with E-state index >= 15 is 0 Å². The zero-order chi connectivity index (χ0) is 51.6. The minimum Gasteiger partial charge on any atom is -0.481 e. The topological polar surface area (TPSA) is 238 Å². The molecule has 71 heavy (non-hydrogen) atoms. The predicted octanol–water partition coefficient (Wildman–Crippen LogP) is 4.57. The number of carboxylic acids is 1. The van der Waals surface area contributed by atoms with Crippen LogP contribution in [0.3, 0.4) is 0 Å². The molecule has 0 bridgehead atoms. The van der Waals surface area contributed by atoms with Crippen LogP contribution in [-0.4, -0.2) is 186 Å². The third-order valence-electron chi connectivity index (χ3n) is 18.4. The first-order valence-electron chi connectivity index (χ1n) is 26.7. The third kappa shape index (κ3) is 11.0. The fourth-order valence-electron chi connectivity index (χ4n) is 13.8. The number of hydrogen-bond acceptors (Lipinski definition) is 18. The van der Waals surface area contributed by atoms with Crippen LogP contribution in [0.5, 0.6) is 0 Å². The van der Waals surface area contributed by atoms with Gasteiger partial charge >= 0.3 is 5.97 Å². The van der Waals surface area contributed by atoms with Gasteiger partial charge in [0.1, 0.15) is 12.2 Å². The highest BCUT2D eigenvalue weighted by Crippen LogP contribution is 2.55. The summed E-state index contributed by atoms with van der Waals surface area (Å²) in [5.41, 5.74) is -1.67. The number of ether oxygens (including phenoxy) is 13. The van der Waals surface area contributed by atoms with Crippen LogP contribution in [0.25, 0.3) is 0 Å². The normalized spacial score (nSPS) is 53.3. The van der Waals surface area contributed by atoms with Gasteiger partial charge < -0.3 is 87.1 Å². The molecule has 0 radical (unpaired) electrons. The summed E-state index contributed by atoms with van der Waals surface area (Å²) in [7, 11) is 4.88. The van der Waals surface area contributed by atoms with Gasteiger partial charge in [0.05, 0.1) is 97.5 Å². The van der Waals surface area contributed by atoms with Gasteiger partial charge in [0, 0.05) is 77.1 Å². The van der Waals surface area contributed by atoms with Crippen molar-refractivity contribution in [3.8, 4) is 0 Å². The molecule has 0 aromatic rings. The highest BCUT2D eigenvalue weighted by atomic mass is 16.7. The number of carboxylic acid groups (broad SMARTS) is 1. The van der Waals surface area contributed by atoms with E-state index in [1.165, 1.54) is 0 Å². The first kappa shape index (κ1) is 56.0. The fraction of sp³-hybridized carbons (Fsp3) is 0.981. The van der Waals surface area contributed by atoms with E-state index in [1.54, 1.807) is 28.3 Å². The van der Waals surface area contributed by atoms with Crippen LogP contribution in [0.1, 0.15) is 139 Å². The lowest BCUT2D eigenvalue weighted by atomic mass is 9.75. The lowest BCUT2D eigenvalue weighted by molar-refractivity contribution is -0.377. The number of rotatable bonds is 15. The summed E-state index contributed by atoms with van der Waals surface area (Å²) >= 11 is 0. The second-order valence-corrected chi connectivity index (χ2v) is 23.4. The molecule has 8 saturated heterocycles. The van der Waals surface area contributed by atoms with Gasteiger partial charge in [0.15, 0.2) is 29.9 Å². The zero-order valence-electron chi connectivity index (χ0n) is 44.3. The molecule has 8 fully saturated rings. The monoisotopic (exact) mass is 1020 g/mol. The highest BCUT2D eigenvalue weighted by molar-refractivity contribution is 5.68. The first-order valence-corrected chi connectivity index (χ1v) is 26.7. The van der Waals surface area contributed by atoms with Crippen LogP contribution in [0.15, 0.2) is 0 Å². The lowest BCUT2D eigenvalue weighted by Gasteiger charge is -2.54. The van der Waals surface area contributed by atoms with Crippen molar-refractivity contribution in [2.45, 2.75) is 266 Å². The maximum atomic E-state index is 12.3. The van der Waals surface area contributed by atoms with Gasteiger partial charge in [-0.25, -0.2) is 0 Å². The molecular weight excluding hydrogens is 929 g/mol. The highest BCUT2D eigenvalue weighted by Gasteiger charge is 2.64. The Morgan fingerprint density at radius 2 is 1.35 bits per heavy atom. The third-order valence-corrected chi connectivity index (χ3v) is 18.4. The molecular formula is C52H88O19. The summed E-state index contributed by atoms with van der Waals surface area (Å²) in [5, 5.41) is 55.6. The van der Waals surface area contributed by atoms with Crippen LogP contribution in [0, 0.1) is 29.6 Å². The largest absolute Gasteiger partial charge is 0.481 e. The van der Waals surface area contributed by atoms with Crippen molar-refractivity contribution >= 4 is 5.97 Å². The molecule has 0 aliphatic carbocycles. The van der Waals surface area contributed by atoms with Gasteiger partial charge in [-0.3, -0.25) is 4.79 Å². The number of aliphatic hydroxyl groups is 4. The number of aliphatic carboxylic acids is 1. The molecule has 0 unspecified atom stereocenters. The summed E-state index contributed by atoms with van der Waals surface area (Å²) in [6.07, 6.45) is -2.52. The van der Waals surface area contributed by atoms with Crippen LogP contribution >= 0.6 is 0 Å². The van der Waals surface area contributed by atoms with Crippen molar-refractivity contribution in [3.63, 3.8) is 0 Å². The zero-order valence-corrected chi connectivity index (χ0v) is 44.3. The standard InChI is InChI=1S/C52H88O19/c1-26-21-27(2)52(58,25-53)69-42(26)36-22-37(64-40-15-13-34(59-10)31(6)62-40)47(65-36)49(9)18-17-38(67-49)48(8)19-20-50(71-48)23-33(54)28(3)43(68-50)29(4)44-46(61-12)45(30(5)51(57,70-44)24-39(55)56)66-41-16-14-35(60-11)32(7)63-41/h26-38,40-47,53-54,57-58H,13-25H2,1-12H3,(H,55,56)/t26-,27+,28+,29+,30-,31+,32+,33-,34-,35-,36+,37-,38+,40-,41+,42-,43-,44-,45-,46-,47+,48-,49-,50+,51+,52-/m0/s1. The SMILES string of the molecule is CO[C@@H]1[C@@H](O[C@@H]2CC[C@H](OC)[C@@H](C)O2)[C@H](C)[C@@](O)(CC(=O)O)O[C@H]1[C@H](C)[C@H]1O[C@@]2(CC[C@@](C)([C@H]3CC[C@@](C)([C@@H]4O[C@@H]([C@H]5O[C@@](O)(CO)[C@H](C)C[C@@H]5C)C[C@@H]4O[C@H]4CC[C@H](OC)[C@@H](C)O4)O3)O2)C[C@H](O)[C@H]1C. The second-order valence-electron chi connectivity index (χ2n) is 23.4.